The Bertz CT molecular complexity index is 523. The maximum atomic E-state index is 5.72. The van der Waals surface area contributed by atoms with E-state index in [4.69, 9.17) is 4.74 Å². The van der Waals surface area contributed by atoms with Gasteiger partial charge in [0, 0.05) is 6.04 Å². The first kappa shape index (κ1) is 11.4. The van der Waals surface area contributed by atoms with Crippen LogP contribution < -0.4 is 10.1 Å². The molecule has 2 heterocycles. The number of fused-ring (bicyclic) bond motifs is 1. The van der Waals surface area contributed by atoms with E-state index < -0.39 is 0 Å². The van der Waals surface area contributed by atoms with Crippen LogP contribution in [-0.2, 0) is 0 Å². The van der Waals surface area contributed by atoms with Crippen LogP contribution in [0.2, 0.25) is 0 Å². The van der Waals surface area contributed by atoms with Crippen LogP contribution in [0.4, 0.5) is 0 Å². The molecular weight excluding hydrogens is 226 g/mol. The molecule has 0 bridgehead atoms. The predicted molar refractivity (Wildman–Crippen MR) is 70.7 cm³/mol. The van der Waals surface area contributed by atoms with Gasteiger partial charge in [-0.15, -0.1) is 0 Å². The van der Waals surface area contributed by atoms with E-state index in [-0.39, 0.29) is 0 Å². The van der Waals surface area contributed by atoms with Gasteiger partial charge in [-0.3, -0.25) is 0 Å². The van der Waals surface area contributed by atoms with Crippen LogP contribution in [0.15, 0.2) is 30.5 Å². The smallest absolute Gasteiger partial charge is 0.232 e. The SMILES string of the molecule is c1ccc2nc(OCC3CCCCN3)cnc2c1. The third kappa shape index (κ3) is 2.59. The molecule has 1 saturated heterocycles. The van der Waals surface area contributed by atoms with Gasteiger partial charge in [0.2, 0.25) is 5.88 Å². The van der Waals surface area contributed by atoms with Crippen molar-refractivity contribution >= 4 is 11.0 Å². The van der Waals surface area contributed by atoms with Crippen molar-refractivity contribution in [1.29, 1.82) is 0 Å². The molecule has 1 aliphatic heterocycles. The molecule has 2 aromatic rings. The molecule has 1 aliphatic rings. The van der Waals surface area contributed by atoms with E-state index in [2.05, 4.69) is 15.3 Å². The molecule has 94 valence electrons. The number of nitrogens with zero attached hydrogens (tertiary/aromatic N) is 2. The van der Waals surface area contributed by atoms with Gasteiger partial charge < -0.3 is 10.1 Å². The van der Waals surface area contributed by atoms with Crippen LogP contribution >= 0.6 is 0 Å². The maximum Gasteiger partial charge on any atom is 0.232 e. The second-order valence-electron chi connectivity index (χ2n) is 4.65. The van der Waals surface area contributed by atoms with Crippen molar-refractivity contribution in [2.45, 2.75) is 25.3 Å². The van der Waals surface area contributed by atoms with Crippen molar-refractivity contribution in [3.05, 3.63) is 30.5 Å². The number of hydrogen-bond donors (Lipinski definition) is 1. The number of aromatic nitrogens is 2. The van der Waals surface area contributed by atoms with Crippen LogP contribution in [0.3, 0.4) is 0 Å². The molecule has 4 heteroatoms. The fourth-order valence-corrected chi connectivity index (χ4v) is 2.26. The molecule has 1 aromatic carbocycles. The highest BCUT2D eigenvalue weighted by Gasteiger charge is 2.13. The Labute approximate surface area is 106 Å². The average Bonchev–Trinajstić information content (AvgIpc) is 2.46. The van der Waals surface area contributed by atoms with E-state index in [1.807, 2.05) is 24.3 Å². The summed E-state index contributed by atoms with van der Waals surface area (Å²) in [5, 5.41) is 3.45. The molecule has 1 fully saturated rings. The first-order chi connectivity index (χ1) is 8.92. The van der Waals surface area contributed by atoms with Gasteiger partial charge in [0.25, 0.3) is 0 Å². The standard InChI is InChI=1S/C14H17N3O/c1-2-7-13-12(6-1)16-9-14(17-13)18-10-11-5-3-4-8-15-11/h1-2,6-7,9,11,15H,3-5,8,10H2. The molecule has 0 saturated carbocycles. The van der Waals surface area contributed by atoms with Crippen LogP contribution in [-0.4, -0.2) is 29.2 Å². The highest BCUT2D eigenvalue weighted by atomic mass is 16.5. The lowest BCUT2D eigenvalue weighted by Gasteiger charge is -2.23. The number of hydrogen-bond acceptors (Lipinski definition) is 4. The Balaban J connectivity index is 1.66. The molecule has 0 aliphatic carbocycles. The molecule has 0 radical (unpaired) electrons. The Kier molecular flexibility index (Phi) is 3.37. The summed E-state index contributed by atoms with van der Waals surface area (Å²) < 4.78 is 5.72. The van der Waals surface area contributed by atoms with Crippen molar-refractivity contribution in [3.63, 3.8) is 0 Å². The van der Waals surface area contributed by atoms with E-state index in [0.29, 0.717) is 18.5 Å². The molecule has 0 amide bonds. The van der Waals surface area contributed by atoms with Crippen LogP contribution in [0.25, 0.3) is 11.0 Å². The largest absolute Gasteiger partial charge is 0.475 e. The summed E-state index contributed by atoms with van der Waals surface area (Å²) in [5.74, 6) is 0.612. The predicted octanol–water partition coefficient (Wildman–Crippen LogP) is 2.15. The van der Waals surface area contributed by atoms with Gasteiger partial charge in [-0.1, -0.05) is 18.6 Å². The van der Waals surface area contributed by atoms with Gasteiger partial charge in [0.1, 0.15) is 6.61 Å². The van der Waals surface area contributed by atoms with E-state index in [1.165, 1.54) is 19.3 Å². The zero-order valence-electron chi connectivity index (χ0n) is 10.3. The molecule has 1 N–H and O–H groups in total. The monoisotopic (exact) mass is 243 g/mol. The van der Waals surface area contributed by atoms with E-state index >= 15 is 0 Å². The van der Waals surface area contributed by atoms with Crippen molar-refractivity contribution in [2.24, 2.45) is 0 Å². The molecule has 3 rings (SSSR count). The minimum Gasteiger partial charge on any atom is -0.475 e. The van der Waals surface area contributed by atoms with Crippen LogP contribution in [0.5, 0.6) is 5.88 Å². The zero-order chi connectivity index (χ0) is 12.2. The number of rotatable bonds is 3. The normalized spacial score (nSPS) is 19.9. The highest BCUT2D eigenvalue weighted by Crippen LogP contribution is 2.14. The van der Waals surface area contributed by atoms with Crippen molar-refractivity contribution < 1.29 is 4.74 Å². The molecule has 0 spiro atoms. The van der Waals surface area contributed by atoms with Gasteiger partial charge in [-0.25, -0.2) is 9.97 Å². The second-order valence-corrected chi connectivity index (χ2v) is 4.65. The fraction of sp³-hybridized carbons (Fsp3) is 0.429. The van der Waals surface area contributed by atoms with Gasteiger partial charge in [0.15, 0.2) is 0 Å². The molecule has 1 aromatic heterocycles. The zero-order valence-corrected chi connectivity index (χ0v) is 10.3. The van der Waals surface area contributed by atoms with E-state index in [9.17, 15) is 0 Å². The number of ether oxygens (including phenoxy) is 1. The summed E-state index contributed by atoms with van der Waals surface area (Å²) in [6, 6.07) is 8.28. The number of piperidine rings is 1. The highest BCUT2D eigenvalue weighted by molar-refractivity contribution is 5.73. The molecule has 1 unspecified atom stereocenters. The minimum absolute atomic E-state index is 0.451. The third-order valence-corrected chi connectivity index (χ3v) is 3.27. The Morgan fingerprint density at radius 2 is 2.11 bits per heavy atom. The van der Waals surface area contributed by atoms with E-state index in [0.717, 1.165) is 17.6 Å². The number of nitrogens with one attached hydrogen (secondary N) is 1. The second kappa shape index (κ2) is 5.31. The fourth-order valence-electron chi connectivity index (χ4n) is 2.26. The first-order valence-corrected chi connectivity index (χ1v) is 6.50. The minimum atomic E-state index is 0.451. The van der Waals surface area contributed by atoms with Crippen LogP contribution in [0, 0.1) is 0 Å². The average molecular weight is 243 g/mol. The van der Waals surface area contributed by atoms with Gasteiger partial charge in [-0.05, 0) is 31.5 Å². The molecule has 18 heavy (non-hydrogen) atoms. The number of benzene rings is 1. The van der Waals surface area contributed by atoms with Crippen molar-refractivity contribution in [3.8, 4) is 5.88 Å². The quantitative estimate of drug-likeness (QED) is 0.897. The topological polar surface area (TPSA) is 47.0 Å². The van der Waals surface area contributed by atoms with Crippen molar-refractivity contribution in [1.82, 2.24) is 15.3 Å². The lowest BCUT2D eigenvalue weighted by Crippen LogP contribution is -2.38. The lowest BCUT2D eigenvalue weighted by atomic mass is 10.1. The summed E-state index contributed by atoms with van der Waals surface area (Å²) in [6.45, 7) is 1.77. The lowest BCUT2D eigenvalue weighted by molar-refractivity contribution is 0.232. The van der Waals surface area contributed by atoms with Gasteiger partial charge in [-0.2, -0.15) is 0 Å². The molecule has 4 nitrogen and oxygen atoms in total. The van der Waals surface area contributed by atoms with Gasteiger partial charge in [0.05, 0.1) is 17.2 Å². The Morgan fingerprint density at radius 3 is 2.94 bits per heavy atom. The summed E-state index contributed by atoms with van der Waals surface area (Å²) >= 11 is 0. The first-order valence-electron chi connectivity index (χ1n) is 6.50. The number of para-hydroxylation sites is 2. The third-order valence-electron chi connectivity index (χ3n) is 3.27. The van der Waals surface area contributed by atoms with Crippen LogP contribution in [0.1, 0.15) is 19.3 Å². The summed E-state index contributed by atoms with van der Waals surface area (Å²) in [4.78, 5) is 8.78. The molecule has 1 atom stereocenters. The van der Waals surface area contributed by atoms with Crippen molar-refractivity contribution in [2.75, 3.05) is 13.2 Å². The molecular formula is C14H17N3O. The summed E-state index contributed by atoms with van der Waals surface area (Å²) in [7, 11) is 0. The van der Waals surface area contributed by atoms with Gasteiger partial charge >= 0.3 is 0 Å². The van der Waals surface area contributed by atoms with E-state index in [1.54, 1.807) is 6.20 Å². The maximum absolute atomic E-state index is 5.72. The Morgan fingerprint density at radius 1 is 1.22 bits per heavy atom. The summed E-state index contributed by atoms with van der Waals surface area (Å²) in [5.41, 5.74) is 1.78. The summed E-state index contributed by atoms with van der Waals surface area (Å²) in [6.07, 6.45) is 5.43. The Hall–Kier alpha value is -1.68.